The Labute approximate surface area is 95.9 Å². The van der Waals surface area contributed by atoms with Crippen LogP contribution in [0.1, 0.15) is 40.5 Å². The molecule has 0 spiro atoms. The maximum atomic E-state index is 6.37. The van der Waals surface area contributed by atoms with Crippen LogP contribution in [0.5, 0.6) is 0 Å². The van der Waals surface area contributed by atoms with Gasteiger partial charge in [0.05, 0.1) is 0 Å². The van der Waals surface area contributed by atoms with Crippen LogP contribution in [0.25, 0.3) is 0 Å². The molecule has 0 saturated carbocycles. The first kappa shape index (κ1) is 15.1. The lowest BCUT2D eigenvalue weighted by atomic mass is 10.5. The molecule has 0 aliphatic heterocycles. The Morgan fingerprint density at radius 3 is 1.33 bits per heavy atom. The van der Waals surface area contributed by atoms with Gasteiger partial charge in [0.15, 0.2) is 0 Å². The van der Waals surface area contributed by atoms with E-state index in [1.165, 1.54) is 0 Å². The molecule has 0 radical (unpaired) electrons. The van der Waals surface area contributed by atoms with E-state index < -0.39 is 8.72 Å². The quantitative estimate of drug-likeness (QED) is 0.608. The minimum atomic E-state index is -2.34. The largest absolute Gasteiger partial charge is 0.366 e. The molecule has 0 fully saturated rings. The van der Waals surface area contributed by atoms with Crippen molar-refractivity contribution in [3.8, 4) is 0 Å². The molecule has 92 valence electrons. The summed E-state index contributed by atoms with van der Waals surface area (Å²) in [5, 5.41) is 12.7. The molecule has 0 aromatic heterocycles. The molecule has 4 nitrogen and oxygen atoms in total. The maximum Gasteiger partial charge on any atom is 0.366 e. The first-order chi connectivity index (χ1) is 7.04. The average Bonchev–Trinajstić information content (AvgIpc) is 2.21. The van der Waals surface area contributed by atoms with Crippen molar-refractivity contribution >= 4 is 8.72 Å². The maximum absolute atomic E-state index is 6.37. The van der Waals surface area contributed by atoms with Gasteiger partial charge >= 0.3 is 8.72 Å². The lowest BCUT2D eigenvalue weighted by molar-refractivity contribution is 0.331. The van der Waals surface area contributed by atoms with Gasteiger partial charge in [0.25, 0.3) is 0 Å². The summed E-state index contributed by atoms with van der Waals surface area (Å²) in [7, 11) is -2.34. The van der Waals surface area contributed by atoms with Crippen LogP contribution in [-0.4, -0.2) is 44.0 Å². The van der Waals surface area contributed by atoms with Crippen LogP contribution in [-0.2, 0) is 0 Å². The molecule has 0 saturated heterocycles. The molecule has 0 aromatic rings. The Kier molecular flexibility index (Phi) is 7.38. The molecule has 0 unspecified atom stereocenters. The predicted molar refractivity (Wildman–Crippen MR) is 69.2 cm³/mol. The molecule has 0 atom stereocenters. The second-order valence-electron chi connectivity index (χ2n) is 3.94. The second-order valence-corrected chi connectivity index (χ2v) is 6.77. The zero-order valence-electron chi connectivity index (χ0n) is 10.8. The van der Waals surface area contributed by atoms with Crippen LogP contribution in [0.2, 0.25) is 0 Å². The SMILES string of the molecule is CCCN(CC)[Si](N)(N)N(CC)CCC. The highest BCUT2D eigenvalue weighted by Gasteiger charge is 2.37. The van der Waals surface area contributed by atoms with E-state index in [2.05, 4.69) is 36.8 Å². The van der Waals surface area contributed by atoms with E-state index in [-0.39, 0.29) is 0 Å². The summed E-state index contributed by atoms with van der Waals surface area (Å²) < 4.78 is 4.54. The molecule has 0 amide bonds. The molecule has 4 N–H and O–H groups in total. The lowest BCUT2D eigenvalue weighted by Gasteiger charge is -2.41. The lowest BCUT2D eigenvalue weighted by Crippen LogP contribution is -2.79. The number of rotatable bonds is 8. The highest BCUT2D eigenvalue weighted by atomic mass is 28.4. The van der Waals surface area contributed by atoms with Gasteiger partial charge in [-0.2, -0.15) is 0 Å². The van der Waals surface area contributed by atoms with Crippen molar-refractivity contribution in [2.75, 3.05) is 26.2 Å². The fourth-order valence-electron chi connectivity index (χ4n) is 1.92. The van der Waals surface area contributed by atoms with E-state index in [1.807, 2.05) is 0 Å². The molecule has 0 aliphatic rings. The third kappa shape index (κ3) is 4.20. The summed E-state index contributed by atoms with van der Waals surface area (Å²) in [5.41, 5.74) is 0. The average molecular weight is 232 g/mol. The Balaban J connectivity index is 4.55. The Morgan fingerprint density at radius 1 is 0.800 bits per heavy atom. The molecular weight excluding hydrogens is 204 g/mol. The number of nitrogens with two attached hydrogens (primary N) is 2. The van der Waals surface area contributed by atoms with Gasteiger partial charge in [0.2, 0.25) is 0 Å². The van der Waals surface area contributed by atoms with E-state index in [0.29, 0.717) is 0 Å². The zero-order valence-corrected chi connectivity index (χ0v) is 11.8. The number of hydrogen-bond donors (Lipinski definition) is 2. The summed E-state index contributed by atoms with van der Waals surface area (Å²) in [6, 6.07) is 0. The molecule has 0 aromatic carbocycles. The number of nitrogens with zero attached hydrogens (tertiary/aromatic N) is 2. The number of hydrogen-bond acceptors (Lipinski definition) is 4. The normalized spacial score (nSPS) is 12.8. The molecule has 5 heteroatoms. The van der Waals surface area contributed by atoms with Crippen LogP contribution in [0.15, 0.2) is 0 Å². The Bertz CT molecular complexity index is 148. The summed E-state index contributed by atoms with van der Waals surface area (Å²) in [6.07, 6.45) is 2.22. The van der Waals surface area contributed by atoms with Crippen LogP contribution in [0, 0.1) is 0 Å². The third-order valence-corrected chi connectivity index (χ3v) is 5.87. The van der Waals surface area contributed by atoms with Gasteiger partial charge in [-0.1, -0.05) is 27.7 Å². The summed E-state index contributed by atoms with van der Waals surface area (Å²) in [4.78, 5) is 0. The summed E-state index contributed by atoms with van der Waals surface area (Å²) >= 11 is 0. The van der Waals surface area contributed by atoms with Gasteiger partial charge in [-0.3, -0.25) is 9.13 Å². The van der Waals surface area contributed by atoms with Gasteiger partial charge in [0, 0.05) is 0 Å². The molecule has 0 rings (SSSR count). The molecule has 0 heterocycles. The monoisotopic (exact) mass is 232 g/mol. The molecule has 0 bridgehead atoms. The van der Waals surface area contributed by atoms with E-state index in [1.54, 1.807) is 0 Å². The van der Waals surface area contributed by atoms with Crippen molar-refractivity contribution in [3.63, 3.8) is 0 Å². The standard InChI is InChI=1S/C10H28N4Si/c1-5-9-13(7-3)15(11,12)14(8-4)10-6-2/h5-12H2,1-4H3. The Morgan fingerprint density at radius 2 is 1.13 bits per heavy atom. The smallest absolute Gasteiger partial charge is 0.314 e. The zero-order chi connectivity index (χ0) is 11.9. The molecule has 0 aliphatic carbocycles. The summed E-state index contributed by atoms with van der Waals surface area (Å²) in [5.74, 6) is 0. The van der Waals surface area contributed by atoms with Crippen molar-refractivity contribution in [1.82, 2.24) is 9.13 Å². The van der Waals surface area contributed by atoms with E-state index in [0.717, 1.165) is 39.0 Å². The van der Waals surface area contributed by atoms with Crippen molar-refractivity contribution in [3.05, 3.63) is 0 Å². The molecule has 15 heavy (non-hydrogen) atoms. The third-order valence-electron chi connectivity index (χ3n) is 2.76. The van der Waals surface area contributed by atoms with E-state index in [9.17, 15) is 0 Å². The van der Waals surface area contributed by atoms with E-state index in [4.69, 9.17) is 10.8 Å². The fraction of sp³-hybridized carbons (Fsp3) is 1.00. The minimum Gasteiger partial charge on any atom is -0.314 e. The highest BCUT2D eigenvalue weighted by Crippen LogP contribution is 2.05. The second kappa shape index (κ2) is 7.35. The van der Waals surface area contributed by atoms with Crippen molar-refractivity contribution in [2.24, 2.45) is 10.8 Å². The molecular formula is C10H28N4Si. The van der Waals surface area contributed by atoms with Crippen LogP contribution in [0.3, 0.4) is 0 Å². The van der Waals surface area contributed by atoms with Crippen LogP contribution in [0.4, 0.5) is 0 Å². The van der Waals surface area contributed by atoms with E-state index >= 15 is 0 Å². The summed E-state index contributed by atoms with van der Waals surface area (Å²) in [6.45, 7) is 12.5. The van der Waals surface area contributed by atoms with Gasteiger partial charge in [-0.25, -0.2) is 0 Å². The minimum absolute atomic E-state index is 0.952. The highest BCUT2D eigenvalue weighted by molar-refractivity contribution is 6.68. The topological polar surface area (TPSA) is 58.5 Å². The Hall–Kier alpha value is 0.0569. The van der Waals surface area contributed by atoms with Crippen LogP contribution >= 0.6 is 0 Å². The fourth-order valence-corrected chi connectivity index (χ4v) is 4.50. The van der Waals surface area contributed by atoms with Gasteiger partial charge in [0.1, 0.15) is 0 Å². The van der Waals surface area contributed by atoms with Gasteiger partial charge in [-0.05, 0) is 39.0 Å². The van der Waals surface area contributed by atoms with Crippen molar-refractivity contribution < 1.29 is 0 Å². The predicted octanol–water partition coefficient (Wildman–Crippen LogP) is 0.803. The first-order valence-electron chi connectivity index (χ1n) is 6.12. The van der Waals surface area contributed by atoms with Crippen molar-refractivity contribution in [1.29, 1.82) is 0 Å². The van der Waals surface area contributed by atoms with Crippen LogP contribution < -0.4 is 10.8 Å². The van der Waals surface area contributed by atoms with Gasteiger partial charge < -0.3 is 10.8 Å². The van der Waals surface area contributed by atoms with Crippen molar-refractivity contribution in [2.45, 2.75) is 40.5 Å². The first-order valence-corrected chi connectivity index (χ1v) is 8.17. The van der Waals surface area contributed by atoms with Gasteiger partial charge in [-0.15, -0.1) is 0 Å².